The molecule has 1 unspecified atom stereocenters. The molecule has 30 N–H and O–H groups in total. The molecule has 2 aliphatic heterocycles. The van der Waals surface area contributed by atoms with E-state index in [0.29, 0.717) is 107 Å². The fraction of sp³-hybridized carbons (Fsp3) is 0.606. The van der Waals surface area contributed by atoms with Gasteiger partial charge in [0.25, 0.3) is 0 Å². The van der Waals surface area contributed by atoms with Crippen LogP contribution in [0.15, 0.2) is 60.7 Å². The number of pyridine rings is 1. The molecule has 778 valence electrons. The van der Waals surface area contributed by atoms with Gasteiger partial charge in [0.1, 0.15) is 66.4 Å². The van der Waals surface area contributed by atoms with Gasteiger partial charge in [0, 0.05) is 86.0 Å². The minimum Gasteiger partial charge on any atom is -0.508 e. The summed E-state index contributed by atoms with van der Waals surface area (Å²) >= 11 is 7.31. The van der Waals surface area contributed by atoms with Gasteiger partial charge in [-0.05, 0) is 240 Å². The number of hydrogen-bond acceptors (Lipinski definition) is 28. The van der Waals surface area contributed by atoms with Crippen molar-refractivity contribution in [1.82, 2.24) is 89.2 Å². The van der Waals surface area contributed by atoms with Crippen molar-refractivity contribution in [2.24, 2.45) is 52.2 Å². The number of anilines is 1. The number of aromatic nitrogens is 1. The molecule has 1 saturated carbocycles. The van der Waals surface area contributed by atoms with E-state index in [1.807, 2.05) is 24.3 Å². The quantitative estimate of drug-likeness (QED) is 0.00792. The number of unbranched alkanes of at least 4 members (excludes halogenated alkanes) is 6. The highest BCUT2D eigenvalue weighted by molar-refractivity contribution is 8.00. The Kier molecular flexibility index (Phi) is 50.3. The number of carbonyl (C=O) groups is 17. The number of guanidine groups is 1. The fourth-order valence-corrected chi connectivity index (χ4v) is 17.9. The maximum Gasteiger partial charge on any atom is 0.322 e. The van der Waals surface area contributed by atoms with Gasteiger partial charge in [-0.2, -0.15) is 0 Å². The minimum absolute atomic E-state index is 0.00249. The number of thioether (sulfide) groups is 1. The average molecular weight is 2010 g/mol. The van der Waals surface area contributed by atoms with E-state index >= 15 is 0 Å². The first-order valence-corrected chi connectivity index (χ1v) is 49.9. The van der Waals surface area contributed by atoms with Crippen molar-refractivity contribution in [1.29, 1.82) is 5.41 Å². The van der Waals surface area contributed by atoms with E-state index in [0.717, 1.165) is 58.5 Å². The van der Waals surface area contributed by atoms with Crippen LogP contribution in [0.1, 0.15) is 180 Å². The second-order valence-corrected chi connectivity index (χ2v) is 37.5. The van der Waals surface area contributed by atoms with Gasteiger partial charge in [0.2, 0.25) is 94.5 Å². The molecule has 3 aromatic carbocycles. The summed E-state index contributed by atoms with van der Waals surface area (Å²) in [7, 11) is 1.60. The first-order chi connectivity index (χ1) is 67.5. The number of rotatable bonds is 64. The van der Waals surface area contributed by atoms with E-state index < -0.39 is 174 Å². The molecule has 45 nitrogen and oxygen atoms in total. The van der Waals surface area contributed by atoms with Crippen molar-refractivity contribution in [3.8, 4) is 11.5 Å². The summed E-state index contributed by atoms with van der Waals surface area (Å²) in [4.78, 5) is 240. The van der Waals surface area contributed by atoms with E-state index in [2.05, 4.69) is 79.8 Å². The number of ether oxygens (including phenoxy) is 1. The number of nitrogens with two attached hydrogens (primary N) is 6. The Balaban J connectivity index is 0.871. The summed E-state index contributed by atoms with van der Waals surface area (Å²) in [6, 6.07) is 4.91. The zero-order valence-electron chi connectivity index (χ0n) is 80.6. The summed E-state index contributed by atoms with van der Waals surface area (Å²) in [6.07, 6.45) is 7.77. The lowest BCUT2D eigenvalue weighted by molar-refractivity contribution is -0.140. The number of carboxylic acid groups (broad SMARTS) is 1. The predicted octanol–water partition coefficient (Wildman–Crippen LogP) is -1.43. The van der Waals surface area contributed by atoms with Gasteiger partial charge in [-0.25, -0.2) is 4.98 Å². The van der Waals surface area contributed by atoms with Crippen LogP contribution < -0.4 is 119 Å². The Labute approximate surface area is 829 Å². The van der Waals surface area contributed by atoms with Gasteiger partial charge in [-0.15, -0.1) is 11.8 Å². The number of nitrogens with zero attached hydrogens (tertiary/aromatic N) is 3. The number of phenolic OH excluding ortho intramolecular Hbond substituents is 1. The molecule has 0 bridgehead atoms. The maximum absolute atomic E-state index is 14.7. The number of hydrogen-bond donors (Lipinski definition) is 24. The van der Waals surface area contributed by atoms with Crippen molar-refractivity contribution < 1.29 is 96.5 Å². The summed E-state index contributed by atoms with van der Waals surface area (Å²) < 4.78 is 5.46. The monoisotopic (exact) mass is 2010 g/mol. The summed E-state index contributed by atoms with van der Waals surface area (Å²) in [5.74, 6) is -12.7. The van der Waals surface area contributed by atoms with Crippen molar-refractivity contribution >= 4 is 157 Å². The number of nitrogens with one attached hydrogen (secondary N) is 16. The smallest absolute Gasteiger partial charge is 0.322 e. The number of amides is 16. The SMILES string of the molecule is COc1ccc2nc3cc(Cl)ccc3c(NCCC(=O)NCCCCCNC(=O)C3CCC(CN4C(=O)CC(SC[C@H](N)C(=O)NCC(=O)N[C@@H](Cc5ccc(O)cc5)C(=O)NCC(=O)N5CCC[C@H]5C(=O)N[C@@H](CCCCN)C(=O)N[C@@H](CCCCN)C(=O)N[C@@H](CCCCN)C(=O)N[C@@H](CCCNC(=N)N)C(=O)N[C@@H](CCCCN)C(=O)N[C@H](C(=O)NCC(=O)NCC(=O)O)C(C)C)C4=O)CC3)c2c1. The second-order valence-electron chi connectivity index (χ2n) is 35.8. The second kappa shape index (κ2) is 61.4. The summed E-state index contributed by atoms with van der Waals surface area (Å²) in [6.45, 7) is 3.01. The van der Waals surface area contributed by atoms with Crippen LogP contribution in [0, 0.1) is 23.2 Å². The van der Waals surface area contributed by atoms with E-state index in [4.69, 9.17) is 66.2 Å². The van der Waals surface area contributed by atoms with Crippen molar-refractivity contribution in [3.63, 3.8) is 0 Å². The minimum atomic E-state index is -1.42. The normalized spacial score (nSPS) is 16.8. The first kappa shape index (κ1) is 116. The number of imide groups is 1. The van der Waals surface area contributed by atoms with E-state index in [-0.39, 0.29) is 170 Å². The van der Waals surface area contributed by atoms with Gasteiger partial charge < -0.3 is 134 Å². The van der Waals surface area contributed by atoms with Crippen LogP contribution in [0.25, 0.3) is 21.8 Å². The predicted molar refractivity (Wildman–Crippen MR) is 530 cm³/mol. The fourth-order valence-electron chi connectivity index (χ4n) is 16.6. The van der Waals surface area contributed by atoms with Crippen LogP contribution in [0.4, 0.5) is 5.69 Å². The lowest BCUT2D eigenvalue weighted by atomic mass is 9.81. The topological polar surface area (TPSA) is 720 Å². The third-order valence-electron chi connectivity index (χ3n) is 24.5. The Morgan fingerprint density at radius 3 is 1.65 bits per heavy atom. The van der Waals surface area contributed by atoms with Gasteiger partial charge in [-0.3, -0.25) is 91.8 Å². The number of halogens is 1. The number of carboxylic acids is 1. The number of likely N-dealkylation sites (tertiary alicyclic amines) is 2. The molecule has 0 spiro atoms. The molecule has 3 heterocycles. The number of carbonyl (C=O) groups excluding carboxylic acids is 16. The lowest BCUT2D eigenvalue weighted by Gasteiger charge is -2.30. The van der Waals surface area contributed by atoms with Crippen molar-refractivity contribution in [3.05, 3.63) is 71.2 Å². The molecule has 2 saturated heterocycles. The highest BCUT2D eigenvalue weighted by Gasteiger charge is 2.43. The number of phenols is 1. The third kappa shape index (κ3) is 39.6. The van der Waals surface area contributed by atoms with Gasteiger partial charge >= 0.3 is 5.97 Å². The van der Waals surface area contributed by atoms with E-state index in [9.17, 15) is 86.6 Å². The zero-order valence-corrected chi connectivity index (χ0v) is 82.2. The highest BCUT2D eigenvalue weighted by atomic mass is 35.5. The molecule has 141 heavy (non-hydrogen) atoms. The van der Waals surface area contributed by atoms with Crippen LogP contribution in [0.2, 0.25) is 5.02 Å². The molecule has 1 aromatic heterocycles. The largest absolute Gasteiger partial charge is 0.508 e. The summed E-state index contributed by atoms with van der Waals surface area (Å²) in [5.41, 5.74) is 38.1. The van der Waals surface area contributed by atoms with Gasteiger partial charge in [0.05, 0.1) is 54.8 Å². The van der Waals surface area contributed by atoms with Gasteiger partial charge in [0.15, 0.2) is 5.96 Å². The maximum atomic E-state index is 14.7. The van der Waals surface area contributed by atoms with Crippen molar-refractivity contribution in [2.75, 3.05) is 110 Å². The molecular weight excluding hydrogens is 1870 g/mol. The average Bonchev–Trinajstić information content (AvgIpc) is 1.48. The van der Waals surface area contributed by atoms with Crippen molar-refractivity contribution in [2.45, 2.75) is 240 Å². The number of fused-ring (bicyclic) bond motifs is 2. The summed E-state index contributed by atoms with van der Waals surface area (Å²) in [5, 5.41) is 68.6. The number of aliphatic carboxylic acids is 1. The Bertz CT molecular complexity index is 4900. The zero-order chi connectivity index (χ0) is 103. The molecule has 47 heteroatoms. The van der Waals surface area contributed by atoms with Crippen LogP contribution in [-0.2, 0) is 87.9 Å². The lowest BCUT2D eigenvalue weighted by Crippen LogP contribution is -2.60. The number of benzene rings is 3. The number of methoxy groups -OCH3 is 1. The molecular formula is C94H144ClN25O20S. The molecule has 1 aliphatic carbocycles. The van der Waals surface area contributed by atoms with Crippen LogP contribution in [0.3, 0.4) is 0 Å². The Hall–Kier alpha value is -12.4. The molecule has 7 rings (SSSR count). The van der Waals surface area contributed by atoms with E-state index in [1.165, 1.54) is 34.1 Å². The van der Waals surface area contributed by atoms with E-state index in [1.54, 1.807) is 33.1 Å². The molecule has 16 amide bonds. The Morgan fingerprint density at radius 1 is 0.532 bits per heavy atom. The third-order valence-corrected chi connectivity index (χ3v) is 26.1. The molecule has 3 aliphatic rings. The standard InChI is InChI=1S/C94H144ClN25O20S/c1-55(2)81(92(138)109-49-76(123)107-52-80(127)128)118-90(136)69(20-8-12-39-99)115-89(135)70(21-15-42-106-94(101)102)116-87(133)67(18-6-10-37-97)113-86(132)66(17-5-9-36-96)114-88(134)68(19-7-11-38-98)117-91(137)73-22-16-44-119(73)79(126)51-110-85(131)72(45-56-25-30-60(121)31-26-56)112-77(124)50-108-84(130)64(100)54-141-74-48-78(125)120(93(74)139)53-57-23-27-58(28-24-57)83(129)105-41-14-4-13-40-103-75(122)35-43-104-82-62-33-29-59(95)46-71(62)111-65-34-32-61(140-3)47-63(65)82/h25-26,29-34,46-47,55,57-58,64,66-70,72-74,81,121H,4-24,27-28,35-45,48-54,96-100H2,1-3H3,(H,103,122)(H,104,111)(H,105,129)(H,107,123)(H,108,130)(H,109,138)(H,110,131)(H,112,124)(H,113,132)(H,114,134)(H,115,135)(H,116,133)(H,117,137)(H,118,136)(H,127,128)(H4,101,102,106)/t57?,58?,64-,66-,67-,68-,69-,70-,72-,73-,74?,81-/m0/s1. The Morgan fingerprint density at radius 2 is 1.08 bits per heavy atom. The van der Waals surface area contributed by atoms with Crippen LogP contribution in [-0.4, -0.2) is 296 Å². The molecule has 0 radical (unpaired) electrons. The van der Waals surface area contributed by atoms with Gasteiger partial charge in [-0.1, -0.05) is 37.6 Å². The molecule has 4 aromatic rings. The molecule has 3 fully saturated rings. The number of aromatic hydroxyl groups is 1. The highest BCUT2D eigenvalue weighted by Crippen LogP contribution is 2.36. The first-order valence-electron chi connectivity index (χ1n) is 48.5. The van der Waals surface area contributed by atoms with Crippen LogP contribution >= 0.6 is 23.4 Å². The van der Waals surface area contributed by atoms with Crippen LogP contribution in [0.5, 0.6) is 11.5 Å². The molecule has 10 atom stereocenters.